The smallest absolute Gasteiger partial charge is 0.410 e. The number of ether oxygens (including phenoxy) is 1. The van der Waals surface area contributed by atoms with Crippen LogP contribution in [0.2, 0.25) is 0 Å². The second-order valence-corrected chi connectivity index (χ2v) is 6.39. The lowest BCUT2D eigenvalue weighted by Gasteiger charge is -2.22. The van der Waals surface area contributed by atoms with Gasteiger partial charge in [0.05, 0.1) is 17.1 Å². The fourth-order valence-electron chi connectivity index (χ4n) is 3.34. The Balaban J connectivity index is 1.51. The first kappa shape index (κ1) is 16.2. The van der Waals surface area contributed by atoms with Gasteiger partial charge in [-0.1, -0.05) is 36.3 Å². The molecule has 1 aliphatic rings. The zero-order valence-electron chi connectivity index (χ0n) is 14.3. The van der Waals surface area contributed by atoms with Crippen molar-refractivity contribution in [1.29, 1.82) is 0 Å². The van der Waals surface area contributed by atoms with E-state index in [0.29, 0.717) is 6.54 Å². The molecule has 0 bridgehead atoms. The van der Waals surface area contributed by atoms with Crippen LogP contribution < -0.4 is 0 Å². The molecule has 26 heavy (non-hydrogen) atoms. The summed E-state index contributed by atoms with van der Waals surface area (Å²) in [6.45, 7) is 0.944. The molecule has 1 aromatic heterocycles. The van der Waals surface area contributed by atoms with Crippen molar-refractivity contribution in [2.24, 2.45) is 0 Å². The molecule has 5 heteroatoms. The van der Waals surface area contributed by atoms with E-state index in [-0.39, 0.29) is 18.7 Å². The Labute approximate surface area is 152 Å². The lowest BCUT2D eigenvalue weighted by atomic mass is 10.2. The summed E-state index contributed by atoms with van der Waals surface area (Å²) in [6.07, 6.45) is 6.94. The third-order valence-electron chi connectivity index (χ3n) is 4.68. The van der Waals surface area contributed by atoms with E-state index in [1.54, 1.807) is 4.90 Å². The van der Waals surface area contributed by atoms with Crippen LogP contribution in [-0.2, 0) is 11.3 Å². The van der Waals surface area contributed by atoms with Gasteiger partial charge in [0, 0.05) is 12.1 Å². The van der Waals surface area contributed by atoms with Crippen molar-refractivity contribution in [2.75, 3.05) is 6.54 Å². The number of amides is 1. The van der Waals surface area contributed by atoms with Crippen molar-refractivity contribution < 1.29 is 9.53 Å². The van der Waals surface area contributed by atoms with Crippen LogP contribution in [0.15, 0.2) is 48.5 Å². The predicted molar refractivity (Wildman–Crippen MR) is 99.3 cm³/mol. The molecule has 1 saturated heterocycles. The van der Waals surface area contributed by atoms with E-state index in [2.05, 4.69) is 15.9 Å². The van der Waals surface area contributed by atoms with Gasteiger partial charge in [-0.25, -0.2) is 9.78 Å². The summed E-state index contributed by atoms with van der Waals surface area (Å²) < 4.78 is 5.49. The summed E-state index contributed by atoms with van der Waals surface area (Å²) in [4.78, 5) is 22.3. The Morgan fingerprint density at radius 3 is 2.96 bits per heavy atom. The fraction of sp³-hybridized carbons (Fsp3) is 0.238. The maximum absolute atomic E-state index is 12.6. The zero-order chi connectivity index (χ0) is 17.9. The number of fused-ring (bicyclic) bond motifs is 1. The number of rotatable bonds is 3. The summed E-state index contributed by atoms with van der Waals surface area (Å²) in [7, 11) is 0. The summed E-state index contributed by atoms with van der Waals surface area (Å²) in [5, 5.41) is 0. The van der Waals surface area contributed by atoms with E-state index in [1.165, 1.54) is 0 Å². The average Bonchev–Trinajstić information content (AvgIpc) is 3.32. The second kappa shape index (κ2) is 6.93. The van der Waals surface area contributed by atoms with Crippen LogP contribution in [0.25, 0.3) is 11.0 Å². The highest BCUT2D eigenvalue weighted by Crippen LogP contribution is 2.32. The fourth-order valence-corrected chi connectivity index (χ4v) is 3.34. The molecule has 1 fully saturated rings. The summed E-state index contributed by atoms with van der Waals surface area (Å²) >= 11 is 0. The van der Waals surface area contributed by atoms with Gasteiger partial charge < -0.3 is 9.72 Å². The highest BCUT2D eigenvalue weighted by atomic mass is 16.6. The van der Waals surface area contributed by atoms with Crippen molar-refractivity contribution in [1.82, 2.24) is 14.9 Å². The Hall–Kier alpha value is -3.26. The summed E-state index contributed by atoms with van der Waals surface area (Å²) in [5.41, 5.74) is 3.51. The Morgan fingerprint density at radius 2 is 2.15 bits per heavy atom. The van der Waals surface area contributed by atoms with Crippen molar-refractivity contribution >= 4 is 17.1 Å². The van der Waals surface area contributed by atoms with Gasteiger partial charge in [0.2, 0.25) is 0 Å². The van der Waals surface area contributed by atoms with Gasteiger partial charge in [0.1, 0.15) is 12.4 Å². The Morgan fingerprint density at radius 1 is 1.31 bits per heavy atom. The monoisotopic (exact) mass is 345 g/mol. The molecule has 1 atom stereocenters. The van der Waals surface area contributed by atoms with E-state index >= 15 is 0 Å². The molecule has 5 nitrogen and oxygen atoms in total. The number of aromatic amines is 1. The number of hydrogen-bond acceptors (Lipinski definition) is 3. The maximum Gasteiger partial charge on any atom is 0.410 e. The number of nitrogens with zero attached hydrogens (tertiary/aromatic N) is 2. The molecule has 4 rings (SSSR count). The Kier molecular flexibility index (Phi) is 4.32. The van der Waals surface area contributed by atoms with Gasteiger partial charge in [0.15, 0.2) is 0 Å². The van der Waals surface area contributed by atoms with Crippen LogP contribution in [-0.4, -0.2) is 27.5 Å². The van der Waals surface area contributed by atoms with E-state index in [9.17, 15) is 4.79 Å². The largest absolute Gasteiger partial charge is 0.445 e. The topological polar surface area (TPSA) is 58.2 Å². The zero-order valence-corrected chi connectivity index (χ0v) is 14.3. The standard InChI is InChI=1S/C21H19N3O2/c1-2-15-10-11-17-18(13-15)23-20(22-17)19-9-6-12-24(19)21(25)26-14-16-7-4-3-5-8-16/h1,3-5,7-8,10-11,13,19H,6,9,12,14H2,(H,22,23). The van der Waals surface area contributed by atoms with Crippen LogP contribution in [0.5, 0.6) is 0 Å². The van der Waals surface area contributed by atoms with Crippen LogP contribution >= 0.6 is 0 Å². The third-order valence-corrected chi connectivity index (χ3v) is 4.68. The number of aromatic nitrogens is 2. The number of carbonyl (C=O) groups is 1. The Bertz CT molecular complexity index is 972. The minimum Gasteiger partial charge on any atom is -0.445 e. The van der Waals surface area contributed by atoms with Gasteiger partial charge in [-0.05, 0) is 36.6 Å². The quantitative estimate of drug-likeness (QED) is 0.730. The van der Waals surface area contributed by atoms with E-state index in [4.69, 9.17) is 11.2 Å². The van der Waals surface area contributed by atoms with Crippen molar-refractivity contribution in [3.05, 3.63) is 65.5 Å². The molecule has 0 saturated carbocycles. The summed E-state index contributed by atoms with van der Waals surface area (Å²) in [5.74, 6) is 3.40. The number of H-pyrrole nitrogens is 1. The van der Waals surface area contributed by atoms with Crippen molar-refractivity contribution in [3.8, 4) is 12.3 Å². The minimum absolute atomic E-state index is 0.0973. The third kappa shape index (κ3) is 3.14. The molecular formula is C21H19N3O2. The van der Waals surface area contributed by atoms with Gasteiger partial charge in [-0.2, -0.15) is 0 Å². The first-order valence-corrected chi connectivity index (χ1v) is 8.68. The normalized spacial score (nSPS) is 16.6. The van der Waals surface area contributed by atoms with Gasteiger partial charge >= 0.3 is 6.09 Å². The number of hydrogen-bond donors (Lipinski definition) is 1. The molecule has 1 amide bonds. The number of nitrogens with one attached hydrogen (secondary N) is 1. The number of terminal acetylenes is 1. The first-order chi connectivity index (χ1) is 12.7. The number of imidazole rings is 1. The minimum atomic E-state index is -0.305. The predicted octanol–water partition coefficient (Wildman–Crippen LogP) is 4.02. The lowest BCUT2D eigenvalue weighted by Crippen LogP contribution is -2.31. The highest BCUT2D eigenvalue weighted by molar-refractivity contribution is 5.77. The van der Waals surface area contributed by atoms with Gasteiger partial charge in [-0.3, -0.25) is 4.90 Å². The number of carbonyl (C=O) groups excluding carboxylic acids is 1. The molecular weight excluding hydrogens is 326 g/mol. The second-order valence-electron chi connectivity index (χ2n) is 6.39. The molecule has 0 radical (unpaired) electrons. The van der Waals surface area contributed by atoms with Gasteiger partial charge in [0.25, 0.3) is 0 Å². The summed E-state index contributed by atoms with van der Waals surface area (Å²) in [6, 6.07) is 15.3. The molecule has 0 aliphatic carbocycles. The van der Waals surface area contributed by atoms with Gasteiger partial charge in [-0.15, -0.1) is 6.42 Å². The van der Waals surface area contributed by atoms with E-state index in [1.807, 2.05) is 48.5 Å². The number of benzene rings is 2. The SMILES string of the molecule is C#Cc1ccc2[nH]c(C3CCCN3C(=O)OCc3ccccc3)nc2c1. The molecule has 1 aliphatic heterocycles. The average molecular weight is 345 g/mol. The lowest BCUT2D eigenvalue weighted by molar-refractivity contribution is 0.0910. The van der Waals surface area contributed by atoms with Crippen LogP contribution in [0, 0.1) is 12.3 Å². The molecule has 1 unspecified atom stereocenters. The molecule has 130 valence electrons. The van der Waals surface area contributed by atoms with E-state index in [0.717, 1.165) is 40.8 Å². The van der Waals surface area contributed by atoms with Crippen LogP contribution in [0.1, 0.15) is 35.8 Å². The van der Waals surface area contributed by atoms with Crippen LogP contribution in [0.3, 0.4) is 0 Å². The van der Waals surface area contributed by atoms with E-state index < -0.39 is 0 Å². The van der Waals surface area contributed by atoms with Crippen molar-refractivity contribution in [3.63, 3.8) is 0 Å². The molecule has 1 N–H and O–H groups in total. The first-order valence-electron chi connectivity index (χ1n) is 8.68. The maximum atomic E-state index is 12.6. The van der Waals surface area contributed by atoms with Crippen molar-refractivity contribution in [2.45, 2.75) is 25.5 Å². The van der Waals surface area contributed by atoms with Crippen LogP contribution in [0.4, 0.5) is 4.79 Å². The molecule has 2 heterocycles. The molecule has 0 spiro atoms. The molecule has 3 aromatic rings. The molecule has 2 aromatic carbocycles. The highest BCUT2D eigenvalue weighted by Gasteiger charge is 2.33. The number of likely N-dealkylation sites (tertiary alicyclic amines) is 1.